The third-order valence-corrected chi connectivity index (χ3v) is 3.92. The lowest BCUT2D eigenvalue weighted by Crippen LogP contribution is -2.45. The van der Waals surface area contributed by atoms with E-state index in [0.29, 0.717) is 16.3 Å². The molecule has 0 aliphatic carbocycles. The molecule has 1 aromatic rings. The van der Waals surface area contributed by atoms with Crippen LogP contribution in [0.3, 0.4) is 0 Å². The summed E-state index contributed by atoms with van der Waals surface area (Å²) in [5.74, 6) is 0.545. The first-order valence-electron chi connectivity index (χ1n) is 5.11. The molecule has 1 saturated heterocycles. The van der Waals surface area contributed by atoms with Crippen LogP contribution in [0.25, 0.3) is 0 Å². The second-order valence-electron chi connectivity index (χ2n) is 4.16. The summed E-state index contributed by atoms with van der Waals surface area (Å²) in [5.41, 5.74) is 6.86. The van der Waals surface area contributed by atoms with Crippen molar-refractivity contribution in [2.24, 2.45) is 11.7 Å². The lowest BCUT2D eigenvalue weighted by Gasteiger charge is -2.34. The van der Waals surface area contributed by atoms with Crippen molar-refractivity contribution in [1.29, 1.82) is 0 Å². The van der Waals surface area contributed by atoms with Gasteiger partial charge in [0.15, 0.2) is 0 Å². The molecule has 6 heteroatoms. The van der Waals surface area contributed by atoms with E-state index in [4.69, 9.17) is 17.3 Å². The number of nitrogens with zero attached hydrogens (tertiary/aromatic N) is 3. The van der Waals surface area contributed by atoms with E-state index in [1.54, 1.807) is 0 Å². The second kappa shape index (κ2) is 4.74. The number of halogens is 1. The van der Waals surface area contributed by atoms with E-state index in [2.05, 4.69) is 21.4 Å². The van der Waals surface area contributed by atoms with E-state index < -0.39 is 0 Å². The highest BCUT2D eigenvalue weighted by atomic mass is 35.5. The predicted octanol–water partition coefficient (Wildman–Crippen LogP) is 1.36. The average Bonchev–Trinajstić information content (AvgIpc) is 2.59. The van der Waals surface area contributed by atoms with Crippen molar-refractivity contribution in [2.75, 3.05) is 13.1 Å². The third kappa shape index (κ3) is 2.66. The lowest BCUT2D eigenvalue weighted by molar-refractivity contribution is 0.156. The molecular weight excluding hydrogens is 232 g/mol. The highest BCUT2D eigenvalue weighted by Gasteiger charge is 2.24. The van der Waals surface area contributed by atoms with Gasteiger partial charge in [-0.3, -0.25) is 4.90 Å². The van der Waals surface area contributed by atoms with Crippen molar-refractivity contribution in [1.82, 2.24) is 14.5 Å². The van der Waals surface area contributed by atoms with Crippen LogP contribution in [0.1, 0.15) is 19.0 Å². The minimum atomic E-state index is 0.338. The minimum Gasteiger partial charge on any atom is -0.327 e. The molecule has 2 atom stereocenters. The van der Waals surface area contributed by atoms with Gasteiger partial charge in [-0.05, 0) is 12.3 Å². The summed E-state index contributed by atoms with van der Waals surface area (Å²) >= 11 is 7.21. The maximum atomic E-state index is 5.97. The fourth-order valence-electron chi connectivity index (χ4n) is 1.90. The summed E-state index contributed by atoms with van der Waals surface area (Å²) in [6, 6.07) is 0.338. The number of likely N-dealkylation sites (tertiary alicyclic amines) is 1. The Balaban J connectivity index is 1.94. The van der Waals surface area contributed by atoms with E-state index in [1.165, 1.54) is 11.5 Å². The maximum Gasteiger partial charge on any atom is 0.138 e. The zero-order valence-corrected chi connectivity index (χ0v) is 10.3. The highest BCUT2D eigenvalue weighted by Crippen LogP contribution is 2.22. The number of aromatic nitrogens is 2. The molecule has 2 N–H and O–H groups in total. The molecule has 4 nitrogen and oxygen atoms in total. The Morgan fingerprint density at radius 1 is 1.67 bits per heavy atom. The van der Waals surface area contributed by atoms with Gasteiger partial charge in [-0.25, -0.2) is 0 Å². The Morgan fingerprint density at radius 2 is 2.47 bits per heavy atom. The first kappa shape index (κ1) is 11.3. The zero-order chi connectivity index (χ0) is 10.8. The molecule has 2 heterocycles. The lowest BCUT2D eigenvalue weighted by atomic mass is 9.95. The van der Waals surface area contributed by atoms with Crippen molar-refractivity contribution in [3.05, 3.63) is 10.0 Å². The van der Waals surface area contributed by atoms with Gasteiger partial charge in [-0.15, -0.1) is 5.10 Å². The normalized spacial score (nSPS) is 28.2. The van der Waals surface area contributed by atoms with Gasteiger partial charge in [0.2, 0.25) is 0 Å². The van der Waals surface area contributed by atoms with Crippen LogP contribution in [-0.2, 0) is 6.54 Å². The van der Waals surface area contributed by atoms with Crippen molar-refractivity contribution in [2.45, 2.75) is 25.9 Å². The van der Waals surface area contributed by atoms with Crippen molar-refractivity contribution < 1.29 is 0 Å². The van der Waals surface area contributed by atoms with Crippen LogP contribution in [0.4, 0.5) is 0 Å². The smallest absolute Gasteiger partial charge is 0.138 e. The molecule has 0 aromatic carbocycles. The van der Waals surface area contributed by atoms with Gasteiger partial charge in [0.25, 0.3) is 0 Å². The Bertz CT molecular complexity index is 330. The minimum absolute atomic E-state index is 0.338. The molecule has 1 fully saturated rings. The summed E-state index contributed by atoms with van der Waals surface area (Å²) < 4.78 is 4.54. The van der Waals surface area contributed by atoms with Crippen LogP contribution in [-0.4, -0.2) is 33.6 Å². The molecule has 1 aliphatic heterocycles. The van der Waals surface area contributed by atoms with Gasteiger partial charge < -0.3 is 5.73 Å². The van der Waals surface area contributed by atoms with Crippen LogP contribution < -0.4 is 5.73 Å². The van der Waals surface area contributed by atoms with E-state index in [0.717, 1.165) is 31.7 Å². The number of hydrogen-bond acceptors (Lipinski definition) is 5. The van der Waals surface area contributed by atoms with Gasteiger partial charge in [-0.1, -0.05) is 23.0 Å². The number of nitrogens with two attached hydrogens (primary N) is 1. The molecular formula is C9H15ClN4S. The largest absolute Gasteiger partial charge is 0.327 e. The molecule has 2 rings (SSSR count). The maximum absolute atomic E-state index is 5.97. The number of piperidine rings is 1. The van der Waals surface area contributed by atoms with Crippen molar-refractivity contribution in [3.63, 3.8) is 0 Å². The fraction of sp³-hybridized carbons (Fsp3) is 0.778. The molecule has 0 spiro atoms. The van der Waals surface area contributed by atoms with Crippen molar-refractivity contribution >= 4 is 23.1 Å². The van der Waals surface area contributed by atoms with Crippen LogP contribution in [0.2, 0.25) is 4.34 Å². The van der Waals surface area contributed by atoms with E-state index in [1.807, 2.05) is 0 Å². The quantitative estimate of drug-likeness (QED) is 0.856. The van der Waals surface area contributed by atoms with Gasteiger partial charge >= 0.3 is 0 Å². The molecule has 1 aromatic heterocycles. The molecule has 0 radical (unpaired) electrons. The molecule has 2 unspecified atom stereocenters. The summed E-state index contributed by atoms with van der Waals surface area (Å²) in [6.07, 6.45) is 1.05. The van der Waals surface area contributed by atoms with Gasteiger partial charge in [0.1, 0.15) is 10.0 Å². The molecule has 15 heavy (non-hydrogen) atoms. The summed E-state index contributed by atoms with van der Waals surface area (Å²) in [7, 11) is 0. The predicted molar refractivity (Wildman–Crippen MR) is 62.0 cm³/mol. The Kier molecular flexibility index (Phi) is 3.56. The molecule has 0 bridgehead atoms. The topological polar surface area (TPSA) is 55.0 Å². The average molecular weight is 247 g/mol. The Labute approximate surface area is 98.6 Å². The van der Waals surface area contributed by atoms with E-state index in [9.17, 15) is 0 Å². The standard InChI is InChI=1S/C9H15ClN4S/c1-6-4-14(3-2-7(6)11)5-8-9(10)15-13-12-8/h6-7H,2-5,11H2,1H3. The van der Waals surface area contributed by atoms with Crippen LogP contribution in [0.15, 0.2) is 0 Å². The van der Waals surface area contributed by atoms with Crippen LogP contribution in [0.5, 0.6) is 0 Å². The Hall–Kier alpha value is -0.230. The SMILES string of the molecule is CC1CN(Cc2nnsc2Cl)CCC1N. The fourth-order valence-corrected chi connectivity index (χ4v) is 2.51. The molecule has 0 amide bonds. The van der Waals surface area contributed by atoms with Gasteiger partial charge in [-0.2, -0.15) is 0 Å². The molecule has 84 valence electrons. The molecule has 0 saturated carbocycles. The van der Waals surface area contributed by atoms with Crippen molar-refractivity contribution in [3.8, 4) is 0 Å². The van der Waals surface area contributed by atoms with Gasteiger partial charge in [0, 0.05) is 37.2 Å². The Morgan fingerprint density at radius 3 is 3.07 bits per heavy atom. The monoisotopic (exact) mass is 246 g/mol. The van der Waals surface area contributed by atoms with Gasteiger partial charge in [0.05, 0.1) is 0 Å². The van der Waals surface area contributed by atoms with E-state index in [-0.39, 0.29) is 0 Å². The highest BCUT2D eigenvalue weighted by molar-refractivity contribution is 7.10. The van der Waals surface area contributed by atoms with Crippen LogP contribution >= 0.6 is 23.1 Å². The summed E-state index contributed by atoms with van der Waals surface area (Å²) in [5, 5.41) is 4.02. The second-order valence-corrected chi connectivity index (χ2v) is 5.51. The molecule has 1 aliphatic rings. The first-order chi connectivity index (χ1) is 7.16. The number of rotatable bonds is 2. The first-order valence-corrected chi connectivity index (χ1v) is 6.26. The summed E-state index contributed by atoms with van der Waals surface area (Å²) in [4.78, 5) is 2.34. The van der Waals surface area contributed by atoms with E-state index >= 15 is 0 Å². The number of hydrogen-bond donors (Lipinski definition) is 1. The summed E-state index contributed by atoms with van der Waals surface area (Å²) in [6.45, 7) is 5.04. The van der Waals surface area contributed by atoms with Crippen LogP contribution in [0, 0.1) is 5.92 Å². The third-order valence-electron chi connectivity index (χ3n) is 2.94. The zero-order valence-electron chi connectivity index (χ0n) is 8.69.